The molecule has 0 saturated carbocycles. The molecule has 6 nitrogen and oxygen atoms in total. The van der Waals surface area contributed by atoms with Crippen LogP contribution in [0.2, 0.25) is 0 Å². The molecule has 4 rings (SSSR count). The van der Waals surface area contributed by atoms with Gasteiger partial charge < -0.3 is 29.2 Å². The Bertz CT molecular complexity index is 632. The van der Waals surface area contributed by atoms with Crippen LogP contribution in [0, 0.1) is 0 Å². The van der Waals surface area contributed by atoms with E-state index in [1.54, 1.807) is 0 Å². The summed E-state index contributed by atoms with van der Waals surface area (Å²) in [5.74, 6) is 0. The number of rotatable bonds is 5. The Labute approximate surface area is 151 Å². The summed E-state index contributed by atoms with van der Waals surface area (Å²) in [6.45, 7) is -0.413. The van der Waals surface area contributed by atoms with Crippen molar-refractivity contribution in [3.8, 4) is 0 Å². The van der Waals surface area contributed by atoms with Gasteiger partial charge in [0.1, 0.15) is 24.4 Å². The first-order valence-corrected chi connectivity index (χ1v) is 8.73. The molecule has 0 unspecified atom stereocenters. The van der Waals surface area contributed by atoms with Crippen LogP contribution in [0.25, 0.3) is 0 Å². The molecular formula is C20H22O6. The third kappa shape index (κ3) is 3.40. The first-order valence-electron chi connectivity index (χ1n) is 8.73. The Kier molecular flexibility index (Phi) is 5.31. The van der Waals surface area contributed by atoms with Crippen LogP contribution in [-0.4, -0.2) is 47.8 Å². The molecule has 2 aliphatic rings. The second-order valence-electron chi connectivity index (χ2n) is 6.40. The Hall–Kier alpha value is -1.80. The molecule has 2 saturated heterocycles. The van der Waals surface area contributed by atoms with Gasteiger partial charge in [0.2, 0.25) is 0 Å². The highest BCUT2D eigenvalue weighted by molar-refractivity contribution is 5.18. The van der Waals surface area contributed by atoms with Gasteiger partial charge in [0.05, 0.1) is 13.2 Å². The average Bonchev–Trinajstić information content (AvgIpc) is 3.33. The second kappa shape index (κ2) is 7.84. The molecule has 2 aromatic rings. The maximum atomic E-state index is 9.74. The van der Waals surface area contributed by atoms with E-state index in [0.29, 0.717) is 0 Å². The smallest absolute Gasteiger partial charge is 0.184 e. The van der Waals surface area contributed by atoms with Crippen molar-refractivity contribution in [3.05, 3.63) is 71.8 Å². The Morgan fingerprint density at radius 1 is 0.577 bits per heavy atom. The van der Waals surface area contributed by atoms with Crippen LogP contribution in [0.1, 0.15) is 23.7 Å². The fourth-order valence-electron chi connectivity index (χ4n) is 3.40. The highest BCUT2D eigenvalue weighted by Crippen LogP contribution is 2.40. The van der Waals surface area contributed by atoms with Gasteiger partial charge in [0.25, 0.3) is 0 Å². The summed E-state index contributed by atoms with van der Waals surface area (Å²) in [7, 11) is 0. The lowest BCUT2D eigenvalue weighted by molar-refractivity contribution is -0.107. The molecule has 2 aromatic carbocycles. The van der Waals surface area contributed by atoms with Crippen molar-refractivity contribution in [3.63, 3.8) is 0 Å². The van der Waals surface area contributed by atoms with E-state index in [1.165, 1.54) is 0 Å². The maximum absolute atomic E-state index is 9.74. The summed E-state index contributed by atoms with van der Waals surface area (Å²) >= 11 is 0. The lowest BCUT2D eigenvalue weighted by Gasteiger charge is -2.23. The molecule has 0 aromatic heterocycles. The van der Waals surface area contributed by atoms with Gasteiger partial charge in [-0.15, -0.1) is 0 Å². The fraction of sp³-hybridized carbons (Fsp3) is 0.400. The third-order valence-corrected chi connectivity index (χ3v) is 4.72. The Morgan fingerprint density at radius 2 is 0.962 bits per heavy atom. The monoisotopic (exact) mass is 358 g/mol. The zero-order valence-corrected chi connectivity index (χ0v) is 14.2. The number of aliphatic hydroxyl groups is 2. The van der Waals surface area contributed by atoms with Crippen LogP contribution in [0.5, 0.6) is 0 Å². The highest BCUT2D eigenvalue weighted by Gasteiger charge is 2.49. The summed E-state index contributed by atoms with van der Waals surface area (Å²) in [5.41, 5.74) is 1.74. The van der Waals surface area contributed by atoms with Crippen molar-refractivity contribution in [1.82, 2.24) is 0 Å². The van der Waals surface area contributed by atoms with E-state index >= 15 is 0 Å². The van der Waals surface area contributed by atoms with Crippen molar-refractivity contribution < 1.29 is 29.2 Å². The van der Waals surface area contributed by atoms with Gasteiger partial charge in [0, 0.05) is 11.1 Å². The number of aliphatic hydroxyl groups excluding tert-OH is 2. The first-order chi connectivity index (χ1) is 12.8. The lowest BCUT2D eigenvalue weighted by Crippen LogP contribution is -2.44. The Balaban J connectivity index is 1.53. The van der Waals surface area contributed by atoms with Crippen LogP contribution >= 0.6 is 0 Å². The standard InChI is InChI=1S/C20H22O6/c21-11-15-17(25-19(23-15)13-7-3-1-4-8-13)18-16(12-22)24-20(26-18)14-9-5-2-6-10-14/h1-10,15-22H,11-12H2/t15-,16+,17-,18-,19-,20+/m1/s1. The summed E-state index contributed by atoms with van der Waals surface area (Å²) in [4.78, 5) is 0. The van der Waals surface area contributed by atoms with Gasteiger partial charge in [-0.05, 0) is 0 Å². The van der Waals surface area contributed by atoms with E-state index in [9.17, 15) is 10.2 Å². The van der Waals surface area contributed by atoms with E-state index in [0.717, 1.165) is 11.1 Å². The third-order valence-electron chi connectivity index (χ3n) is 4.72. The minimum atomic E-state index is -0.586. The van der Waals surface area contributed by atoms with E-state index in [-0.39, 0.29) is 13.2 Å². The first kappa shape index (κ1) is 17.6. The quantitative estimate of drug-likeness (QED) is 0.851. The van der Waals surface area contributed by atoms with Crippen LogP contribution in [0.3, 0.4) is 0 Å². The molecule has 2 aliphatic heterocycles. The molecule has 0 bridgehead atoms. The van der Waals surface area contributed by atoms with Gasteiger partial charge >= 0.3 is 0 Å². The second-order valence-corrected chi connectivity index (χ2v) is 6.40. The molecule has 138 valence electrons. The summed E-state index contributed by atoms with van der Waals surface area (Å²) in [5, 5.41) is 19.5. The molecule has 2 fully saturated rings. The zero-order chi connectivity index (χ0) is 17.9. The van der Waals surface area contributed by atoms with E-state index in [4.69, 9.17) is 18.9 Å². The van der Waals surface area contributed by atoms with Crippen LogP contribution in [0.4, 0.5) is 0 Å². The molecule has 6 atom stereocenters. The molecule has 0 aliphatic carbocycles. The van der Waals surface area contributed by atoms with Crippen molar-refractivity contribution in [1.29, 1.82) is 0 Å². The molecule has 26 heavy (non-hydrogen) atoms. The number of hydrogen-bond acceptors (Lipinski definition) is 6. The molecule has 0 radical (unpaired) electrons. The van der Waals surface area contributed by atoms with Gasteiger partial charge in [0.15, 0.2) is 12.6 Å². The normalized spacial score (nSPS) is 34.2. The van der Waals surface area contributed by atoms with Gasteiger partial charge in [-0.25, -0.2) is 0 Å². The fourth-order valence-corrected chi connectivity index (χ4v) is 3.40. The SMILES string of the molecule is OC[C@@H]1O[C@H](c2ccccc2)O[C@H]1[C@@H]1O[C@H](c2ccccc2)O[C@@H]1CO. The predicted molar refractivity (Wildman–Crippen MR) is 92.0 cm³/mol. The average molecular weight is 358 g/mol. The van der Waals surface area contributed by atoms with Gasteiger partial charge in [-0.1, -0.05) is 60.7 Å². The Morgan fingerprint density at radius 3 is 1.31 bits per heavy atom. The van der Waals surface area contributed by atoms with E-state index < -0.39 is 37.0 Å². The van der Waals surface area contributed by atoms with Crippen molar-refractivity contribution in [2.45, 2.75) is 37.0 Å². The van der Waals surface area contributed by atoms with E-state index in [1.807, 2.05) is 60.7 Å². The van der Waals surface area contributed by atoms with Crippen LogP contribution < -0.4 is 0 Å². The summed E-state index contributed by atoms with van der Waals surface area (Å²) in [6.07, 6.45) is -3.38. The zero-order valence-electron chi connectivity index (χ0n) is 14.2. The van der Waals surface area contributed by atoms with Crippen LogP contribution in [0.15, 0.2) is 60.7 Å². The molecule has 2 N–H and O–H groups in total. The number of hydrogen-bond donors (Lipinski definition) is 2. The van der Waals surface area contributed by atoms with Crippen molar-refractivity contribution in [2.24, 2.45) is 0 Å². The topological polar surface area (TPSA) is 77.4 Å². The molecule has 0 amide bonds. The minimum Gasteiger partial charge on any atom is -0.394 e. The number of ether oxygens (including phenoxy) is 4. The molecule has 6 heteroatoms. The van der Waals surface area contributed by atoms with Gasteiger partial charge in [-0.2, -0.15) is 0 Å². The van der Waals surface area contributed by atoms with Crippen molar-refractivity contribution >= 4 is 0 Å². The lowest BCUT2D eigenvalue weighted by atomic mass is 10.0. The highest BCUT2D eigenvalue weighted by atomic mass is 16.8. The summed E-state index contributed by atoms with van der Waals surface area (Å²) in [6, 6.07) is 19.1. The largest absolute Gasteiger partial charge is 0.394 e. The molecular weight excluding hydrogens is 336 g/mol. The number of benzene rings is 2. The van der Waals surface area contributed by atoms with Crippen molar-refractivity contribution in [2.75, 3.05) is 13.2 Å². The molecule has 0 spiro atoms. The molecule has 2 heterocycles. The summed E-state index contributed by atoms with van der Waals surface area (Å²) < 4.78 is 23.8. The maximum Gasteiger partial charge on any atom is 0.184 e. The van der Waals surface area contributed by atoms with Crippen LogP contribution in [-0.2, 0) is 18.9 Å². The predicted octanol–water partition coefficient (Wildman–Crippen LogP) is 1.94. The van der Waals surface area contributed by atoms with E-state index in [2.05, 4.69) is 0 Å². The minimum absolute atomic E-state index is 0.206. The van der Waals surface area contributed by atoms with Gasteiger partial charge in [-0.3, -0.25) is 0 Å².